The van der Waals surface area contributed by atoms with Gasteiger partial charge in [0.15, 0.2) is 17.1 Å². The van der Waals surface area contributed by atoms with Gasteiger partial charge in [-0.25, -0.2) is 9.59 Å². The lowest BCUT2D eigenvalue weighted by molar-refractivity contribution is -0.172. The van der Waals surface area contributed by atoms with Crippen LogP contribution in [0.4, 0.5) is 0 Å². The smallest absolute Gasteiger partial charge is 0.363 e. The maximum absolute atomic E-state index is 13.1. The molecule has 3 aliphatic heterocycles. The number of imide groups is 1. The van der Waals surface area contributed by atoms with Crippen molar-refractivity contribution in [2.45, 2.75) is 18.4 Å². The SMILES string of the molecule is O=C(ON1C(=O)CCC1=O)c1ccc2c(c1)C(=O)OC21c2ccc(O)cc2Oc2c(O)cccc21. The molecule has 0 radical (unpaired) electrons. The molecular weight excluding hydrogens is 458 g/mol. The van der Waals surface area contributed by atoms with Gasteiger partial charge in [0.1, 0.15) is 11.5 Å². The lowest BCUT2D eigenvalue weighted by atomic mass is 9.77. The molecular formula is C25H15NO9. The average Bonchev–Trinajstić information content (AvgIpc) is 3.31. The van der Waals surface area contributed by atoms with Crippen LogP contribution in [-0.2, 0) is 24.8 Å². The normalized spacial score (nSPS) is 19.7. The van der Waals surface area contributed by atoms with Crippen molar-refractivity contribution in [3.8, 4) is 23.0 Å². The predicted molar refractivity (Wildman–Crippen MR) is 115 cm³/mol. The van der Waals surface area contributed by atoms with E-state index in [1.165, 1.54) is 36.4 Å². The summed E-state index contributed by atoms with van der Waals surface area (Å²) in [4.78, 5) is 54.3. The van der Waals surface area contributed by atoms with E-state index in [1.54, 1.807) is 18.2 Å². The second kappa shape index (κ2) is 7.07. The van der Waals surface area contributed by atoms with Crippen LogP contribution in [0.25, 0.3) is 0 Å². The fourth-order valence-electron chi connectivity index (χ4n) is 4.64. The highest BCUT2D eigenvalue weighted by Crippen LogP contribution is 2.58. The molecule has 2 amide bonds. The molecule has 3 heterocycles. The van der Waals surface area contributed by atoms with E-state index in [1.807, 2.05) is 0 Å². The second-order valence-corrected chi connectivity index (χ2v) is 8.23. The van der Waals surface area contributed by atoms with Gasteiger partial charge in [0.05, 0.1) is 16.7 Å². The van der Waals surface area contributed by atoms with Crippen LogP contribution in [0, 0.1) is 0 Å². The summed E-state index contributed by atoms with van der Waals surface area (Å²) in [5, 5.41) is 20.9. The number of hydrogen-bond acceptors (Lipinski definition) is 9. The van der Waals surface area contributed by atoms with Crippen LogP contribution < -0.4 is 4.74 Å². The van der Waals surface area contributed by atoms with Crippen LogP contribution in [0.15, 0.2) is 54.6 Å². The first-order valence-electron chi connectivity index (χ1n) is 10.6. The van der Waals surface area contributed by atoms with Gasteiger partial charge in [-0.3, -0.25) is 9.59 Å². The van der Waals surface area contributed by atoms with Crippen LogP contribution in [0.2, 0.25) is 0 Å². The predicted octanol–water partition coefficient (Wildman–Crippen LogP) is 2.89. The van der Waals surface area contributed by atoms with Gasteiger partial charge in [0.2, 0.25) is 0 Å². The summed E-state index contributed by atoms with van der Waals surface area (Å²) in [5.74, 6) is -3.04. The van der Waals surface area contributed by atoms with Crippen LogP contribution in [0.5, 0.6) is 23.0 Å². The number of rotatable bonds is 2. The number of esters is 1. The minimum Gasteiger partial charge on any atom is -0.508 e. The molecule has 3 aromatic carbocycles. The third kappa shape index (κ3) is 2.83. The number of ether oxygens (including phenoxy) is 2. The zero-order valence-electron chi connectivity index (χ0n) is 17.8. The van der Waals surface area contributed by atoms with Gasteiger partial charge in [-0.1, -0.05) is 18.2 Å². The number of phenolic OH excluding ortho intramolecular Hbond substituents is 2. The minimum atomic E-state index is -1.52. The second-order valence-electron chi connectivity index (χ2n) is 8.23. The maximum Gasteiger partial charge on any atom is 0.363 e. The van der Waals surface area contributed by atoms with Crippen molar-refractivity contribution >= 4 is 23.8 Å². The quantitative estimate of drug-likeness (QED) is 0.425. The van der Waals surface area contributed by atoms with Crippen molar-refractivity contribution < 1.29 is 43.7 Å². The Hall–Kier alpha value is -4.86. The summed E-state index contributed by atoms with van der Waals surface area (Å²) in [7, 11) is 0. The molecule has 1 atom stereocenters. The largest absolute Gasteiger partial charge is 0.508 e. The molecule has 0 aromatic heterocycles. The van der Waals surface area contributed by atoms with Crippen LogP contribution >= 0.6 is 0 Å². The molecule has 3 aliphatic rings. The topological polar surface area (TPSA) is 140 Å². The monoisotopic (exact) mass is 473 g/mol. The van der Waals surface area contributed by atoms with Gasteiger partial charge in [-0.15, -0.1) is 5.06 Å². The van der Waals surface area contributed by atoms with Gasteiger partial charge in [0, 0.05) is 30.0 Å². The first kappa shape index (κ1) is 20.7. The molecule has 0 saturated carbocycles. The standard InChI is InChI=1S/C25H15NO9/c27-13-5-7-16-19(11-13)33-22-17(2-1-3-18(22)28)25(16)15-6-4-12(10-14(15)24(32)34-25)23(31)35-26-20(29)8-9-21(26)30/h1-7,10-11,27-28H,8-9H2. The molecule has 6 rings (SSSR count). The number of nitrogens with zero attached hydrogens (tertiary/aromatic N) is 1. The first-order chi connectivity index (χ1) is 16.8. The number of amides is 2. The summed E-state index contributed by atoms with van der Waals surface area (Å²) >= 11 is 0. The lowest BCUT2D eigenvalue weighted by Crippen LogP contribution is -2.33. The highest BCUT2D eigenvalue weighted by molar-refractivity contribution is 6.04. The van der Waals surface area contributed by atoms with Crippen molar-refractivity contribution in [3.05, 3.63) is 82.4 Å². The molecule has 1 saturated heterocycles. The van der Waals surface area contributed by atoms with E-state index in [0.29, 0.717) is 21.8 Å². The van der Waals surface area contributed by atoms with E-state index in [-0.39, 0.29) is 47.0 Å². The van der Waals surface area contributed by atoms with E-state index in [4.69, 9.17) is 14.3 Å². The van der Waals surface area contributed by atoms with Crippen LogP contribution in [0.1, 0.15) is 50.2 Å². The van der Waals surface area contributed by atoms with Gasteiger partial charge >= 0.3 is 11.9 Å². The summed E-state index contributed by atoms with van der Waals surface area (Å²) in [6.07, 6.45) is -0.0944. The fourth-order valence-corrected chi connectivity index (χ4v) is 4.64. The number of carbonyl (C=O) groups excluding carboxylic acids is 4. The van der Waals surface area contributed by atoms with Gasteiger partial charge in [0.25, 0.3) is 11.8 Å². The molecule has 2 N–H and O–H groups in total. The molecule has 10 heteroatoms. The van der Waals surface area contributed by atoms with Crippen molar-refractivity contribution in [1.29, 1.82) is 0 Å². The van der Waals surface area contributed by atoms with Crippen LogP contribution in [-0.4, -0.2) is 39.0 Å². The van der Waals surface area contributed by atoms with Crippen molar-refractivity contribution in [2.24, 2.45) is 0 Å². The number of aromatic hydroxyl groups is 2. The van der Waals surface area contributed by atoms with Crippen molar-refractivity contribution in [2.75, 3.05) is 0 Å². The first-order valence-corrected chi connectivity index (χ1v) is 10.6. The molecule has 3 aromatic rings. The summed E-state index contributed by atoms with van der Waals surface area (Å²) in [6, 6.07) is 13.1. The Labute approximate surface area is 196 Å². The molecule has 1 spiro atoms. The Balaban J connectivity index is 1.49. The highest BCUT2D eigenvalue weighted by atomic mass is 16.7. The number of hydroxylamine groups is 2. The van der Waals surface area contributed by atoms with E-state index < -0.39 is 29.4 Å². The Kier molecular flexibility index (Phi) is 4.19. The van der Waals surface area contributed by atoms with E-state index in [2.05, 4.69) is 0 Å². The zero-order chi connectivity index (χ0) is 24.5. The maximum atomic E-state index is 13.1. The Morgan fingerprint density at radius 1 is 0.914 bits per heavy atom. The van der Waals surface area contributed by atoms with Crippen LogP contribution in [0.3, 0.4) is 0 Å². The number of fused-ring (bicyclic) bond motifs is 6. The summed E-state index contributed by atoms with van der Waals surface area (Å²) < 4.78 is 11.8. The fraction of sp³-hybridized carbons (Fsp3) is 0.120. The molecule has 1 fully saturated rings. The number of phenols is 2. The minimum absolute atomic E-state index is 0.0472. The Morgan fingerprint density at radius 3 is 2.43 bits per heavy atom. The van der Waals surface area contributed by atoms with Gasteiger partial charge < -0.3 is 24.5 Å². The number of para-hydroxylation sites is 1. The molecule has 1 unspecified atom stereocenters. The number of benzene rings is 3. The van der Waals surface area contributed by atoms with Crippen molar-refractivity contribution in [3.63, 3.8) is 0 Å². The molecule has 10 nitrogen and oxygen atoms in total. The van der Waals surface area contributed by atoms with E-state index >= 15 is 0 Å². The van der Waals surface area contributed by atoms with Gasteiger partial charge in [-0.2, -0.15) is 0 Å². The number of hydrogen-bond donors (Lipinski definition) is 2. The number of carbonyl (C=O) groups is 4. The Bertz CT molecular complexity index is 1480. The average molecular weight is 473 g/mol. The third-order valence-electron chi connectivity index (χ3n) is 6.21. The summed E-state index contributed by atoms with van der Waals surface area (Å²) in [5.41, 5.74) is -0.413. The van der Waals surface area contributed by atoms with E-state index in [9.17, 15) is 29.4 Å². The molecule has 174 valence electrons. The molecule has 35 heavy (non-hydrogen) atoms. The van der Waals surface area contributed by atoms with Crippen molar-refractivity contribution in [1.82, 2.24) is 5.06 Å². The highest BCUT2D eigenvalue weighted by Gasteiger charge is 2.54. The molecule has 0 bridgehead atoms. The molecule has 0 aliphatic carbocycles. The van der Waals surface area contributed by atoms with Gasteiger partial charge in [-0.05, 0) is 30.3 Å². The Morgan fingerprint density at radius 2 is 1.66 bits per heavy atom. The van der Waals surface area contributed by atoms with E-state index in [0.717, 1.165) is 0 Å². The third-order valence-corrected chi connectivity index (χ3v) is 6.21. The summed E-state index contributed by atoms with van der Waals surface area (Å²) in [6.45, 7) is 0. The zero-order valence-corrected chi connectivity index (χ0v) is 17.8. The lowest BCUT2D eigenvalue weighted by Gasteiger charge is -2.36.